The van der Waals surface area contributed by atoms with Gasteiger partial charge in [-0.1, -0.05) is 0 Å². The van der Waals surface area contributed by atoms with Crippen LogP contribution in [0.4, 0.5) is 4.39 Å². The lowest BCUT2D eigenvalue weighted by Crippen LogP contribution is -2.53. The van der Waals surface area contributed by atoms with Gasteiger partial charge in [0, 0.05) is 0 Å². The maximum atomic E-state index is 13.1. The summed E-state index contributed by atoms with van der Waals surface area (Å²) < 4.78 is 18.6. The summed E-state index contributed by atoms with van der Waals surface area (Å²) in [6.45, 7) is -0.337. The maximum Gasteiger partial charge on any atom is 0.330 e. The Labute approximate surface area is 98.9 Å². The van der Waals surface area contributed by atoms with E-state index in [-0.39, 0.29) is 6.61 Å². The van der Waals surface area contributed by atoms with Crippen molar-refractivity contribution in [2.45, 2.75) is 24.5 Å². The van der Waals surface area contributed by atoms with Crippen LogP contribution in [-0.4, -0.2) is 49.8 Å². The van der Waals surface area contributed by atoms with E-state index in [1.807, 2.05) is 0 Å². The number of aromatic amines is 1. The number of aromatic nitrogens is 2. The number of hydrogen-bond acceptors (Lipinski definition) is 6. The average molecular weight is 262 g/mol. The molecule has 4 unspecified atom stereocenters. The Bertz CT molecular complexity index is 555. The first kappa shape index (κ1) is 12.9. The highest BCUT2D eigenvalue weighted by atomic mass is 19.1. The molecule has 2 rings (SSSR count). The molecule has 4 atom stereocenters. The summed E-state index contributed by atoms with van der Waals surface area (Å²) in [5.74, 6) is -1.23. The van der Waals surface area contributed by atoms with Crippen molar-refractivity contribution in [3.63, 3.8) is 0 Å². The number of nitrogens with zero attached hydrogens (tertiary/aromatic N) is 1. The molecule has 4 N–H and O–H groups in total. The van der Waals surface area contributed by atoms with Crippen molar-refractivity contribution < 1.29 is 24.4 Å². The molecule has 9 heteroatoms. The molecule has 1 aromatic rings. The minimum absolute atomic E-state index is 0.337. The number of nitrogens with one attached hydrogen (secondary N) is 1. The summed E-state index contributed by atoms with van der Waals surface area (Å²) in [5, 5.41) is 28.3. The second kappa shape index (κ2) is 4.61. The third-order valence-electron chi connectivity index (χ3n) is 2.67. The van der Waals surface area contributed by atoms with Gasteiger partial charge in [-0.2, -0.15) is 4.39 Å². The number of rotatable bonds is 1. The predicted molar refractivity (Wildman–Crippen MR) is 54.3 cm³/mol. The quantitative estimate of drug-likeness (QED) is 0.436. The van der Waals surface area contributed by atoms with Gasteiger partial charge in [-0.15, -0.1) is 0 Å². The van der Waals surface area contributed by atoms with Crippen LogP contribution in [0.1, 0.15) is 6.23 Å². The summed E-state index contributed by atoms with van der Waals surface area (Å²) in [5.41, 5.74) is -2.18. The zero-order valence-corrected chi connectivity index (χ0v) is 8.99. The summed E-state index contributed by atoms with van der Waals surface area (Å²) in [6, 6.07) is 0. The number of halogens is 1. The van der Waals surface area contributed by atoms with Crippen LogP contribution in [0, 0.1) is 5.82 Å². The molecule has 0 spiro atoms. The lowest BCUT2D eigenvalue weighted by atomic mass is 10.0. The molecule has 0 aliphatic carbocycles. The van der Waals surface area contributed by atoms with Gasteiger partial charge < -0.3 is 20.1 Å². The minimum Gasteiger partial charge on any atom is -0.388 e. The van der Waals surface area contributed by atoms with Crippen LogP contribution in [0.5, 0.6) is 0 Å². The average Bonchev–Trinajstić information content (AvgIpc) is 2.32. The van der Waals surface area contributed by atoms with Crippen LogP contribution in [0.15, 0.2) is 15.8 Å². The van der Waals surface area contributed by atoms with E-state index in [4.69, 9.17) is 4.74 Å². The van der Waals surface area contributed by atoms with E-state index in [0.29, 0.717) is 10.8 Å². The Kier molecular flexibility index (Phi) is 3.30. The van der Waals surface area contributed by atoms with Gasteiger partial charge in [0.25, 0.3) is 5.56 Å². The van der Waals surface area contributed by atoms with Gasteiger partial charge >= 0.3 is 5.69 Å². The number of hydrogen-bond donors (Lipinski definition) is 4. The van der Waals surface area contributed by atoms with Gasteiger partial charge in [0.1, 0.15) is 18.3 Å². The Morgan fingerprint density at radius 2 is 2.00 bits per heavy atom. The topological polar surface area (TPSA) is 125 Å². The molecule has 2 heterocycles. The van der Waals surface area contributed by atoms with Crippen molar-refractivity contribution in [3.8, 4) is 0 Å². The molecule has 100 valence electrons. The van der Waals surface area contributed by atoms with E-state index in [1.165, 1.54) is 0 Å². The molecule has 0 saturated carbocycles. The fraction of sp³-hybridized carbons (Fsp3) is 0.556. The number of ether oxygens (including phenoxy) is 1. The molecule has 0 radical (unpaired) electrons. The number of aliphatic hydroxyl groups excluding tert-OH is 3. The van der Waals surface area contributed by atoms with E-state index >= 15 is 0 Å². The van der Waals surface area contributed by atoms with Crippen LogP contribution in [0.3, 0.4) is 0 Å². The van der Waals surface area contributed by atoms with Crippen LogP contribution in [0.2, 0.25) is 0 Å². The molecule has 1 aliphatic heterocycles. The second-order valence-corrected chi connectivity index (χ2v) is 3.92. The van der Waals surface area contributed by atoms with Gasteiger partial charge in [0.05, 0.1) is 12.8 Å². The number of aliphatic hydroxyl groups is 3. The zero-order chi connectivity index (χ0) is 13.4. The van der Waals surface area contributed by atoms with Crippen molar-refractivity contribution in [2.75, 3.05) is 6.61 Å². The molecule has 0 bridgehead atoms. The van der Waals surface area contributed by atoms with Crippen molar-refractivity contribution in [1.29, 1.82) is 0 Å². The third-order valence-corrected chi connectivity index (χ3v) is 2.67. The molecule has 1 fully saturated rings. The lowest BCUT2D eigenvalue weighted by Gasteiger charge is -2.35. The van der Waals surface area contributed by atoms with E-state index in [1.54, 1.807) is 4.98 Å². The van der Waals surface area contributed by atoms with Crippen LogP contribution < -0.4 is 11.2 Å². The summed E-state index contributed by atoms with van der Waals surface area (Å²) in [4.78, 5) is 24.0. The van der Waals surface area contributed by atoms with Crippen molar-refractivity contribution in [3.05, 3.63) is 32.9 Å². The summed E-state index contributed by atoms with van der Waals surface area (Å²) >= 11 is 0. The molecule has 1 saturated heterocycles. The highest BCUT2D eigenvalue weighted by molar-refractivity contribution is 4.92. The van der Waals surface area contributed by atoms with Crippen LogP contribution in [-0.2, 0) is 4.74 Å². The van der Waals surface area contributed by atoms with E-state index in [2.05, 4.69) is 0 Å². The first-order valence-corrected chi connectivity index (χ1v) is 5.08. The van der Waals surface area contributed by atoms with Gasteiger partial charge in [-0.25, -0.2) is 4.79 Å². The molecular formula is C9H11FN2O6. The van der Waals surface area contributed by atoms with E-state index < -0.39 is 41.6 Å². The lowest BCUT2D eigenvalue weighted by molar-refractivity contribution is -0.212. The Morgan fingerprint density at radius 3 is 2.67 bits per heavy atom. The van der Waals surface area contributed by atoms with E-state index in [0.717, 1.165) is 0 Å². The minimum atomic E-state index is -1.63. The number of H-pyrrole nitrogens is 1. The molecule has 0 aromatic carbocycles. The van der Waals surface area contributed by atoms with E-state index in [9.17, 15) is 29.3 Å². The van der Waals surface area contributed by atoms with Crippen molar-refractivity contribution in [2.24, 2.45) is 0 Å². The Hall–Kier alpha value is -1.55. The maximum absolute atomic E-state index is 13.1. The standard InChI is InChI=1S/C9H11FN2O6/c10-3-1-12(9(17)11-7(3)16)8-6(15)5(14)4(13)2-18-8/h1,4-6,8,13-15H,2H2,(H,11,16,17). The molecule has 8 nitrogen and oxygen atoms in total. The normalized spacial score (nSPS) is 32.4. The SMILES string of the molecule is O=c1[nH]c(=O)n(C2OCC(O)C(O)C2O)cc1F. The molecule has 1 aromatic heterocycles. The molecular weight excluding hydrogens is 251 g/mol. The molecule has 1 aliphatic rings. The van der Waals surface area contributed by atoms with Crippen LogP contribution in [0.25, 0.3) is 0 Å². The summed E-state index contributed by atoms with van der Waals surface area (Å²) in [6.07, 6.45) is -5.29. The molecule has 0 amide bonds. The van der Waals surface area contributed by atoms with Gasteiger partial charge in [-0.05, 0) is 0 Å². The van der Waals surface area contributed by atoms with Gasteiger partial charge in [0.15, 0.2) is 6.23 Å². The fourth-order valence-corrected chi connectivity index (χ4v) is 1.69. The molecule has 18 heavy (non-hydrogen) atoms. The van der Waals surface area contributed by atoms with Gasteiger partial charge in [-0.3, -0.25) is 14.3 Å². The summed E-state index contributed by atoms with van der Waals surface area (Å²) in [7, 11) is 0. The van der Waals surface area contributed by atoms with Crippen molar-refractivity contribution >= 4 is 0 Å². The first-order chi connectivity index (χ1) is 8.41. The van der Waals surface area contributed by atoms with Gasteiger partial charge in [0.2, 0.25) is 5.82 Å². The highest BCUT2D eigenvalue weighted by Crippen LogP contribution is 2.22. The largest absolute Gasteiger partial charge is 0.388 e. The highest BCUT2D eigenvalue weighted by Gasteiger charge is 2.39. The van der Waals surface area contributed by atoms with Crippen molar-refractivity contribution in [1.82, 2.24) is 9.55 Å². The predicted octanol–water partition coefficient (Wildman–Crippen LogP) is -2.71. The smallest absolute Gasteiger partial charge is 0.330 e. The monoisotopic (exact) mass is 262 g/mol. The second-order valence-electron chi connectivity index (χ2n) is 3.92. The third kappa shape index (κ3) is 2.08. The Morgan fingerprint density at radius 1 is 1.33 bits per heavy atom. The zero-order valence-electron chi connectivity index (χ0n) is 8.99. The Balaban J connectivity index is 2.41. The first-order valence-electron chi connectivity index (χ1n) is 5.08. The fourth-order valence-electron chi connectivity index (χ4n) is 1.69. The van der Waals surface area contributed by atoms with Crippen LogP contribution >= 0.6 is 0 Å².